The smallest absolute Gasteiger partial charge is 0.410 e. The minimum absolute atomic E-state index is 0.0656. The normalized spacial score (nSPS) is 15.7. The molecule has 5 rings (SSSR count). The molecule has 1 saturated heterocycles. The molecule has 1 atom stereocenters. The number of carbonyl (C=O) groups is 1. The van der Waals surface area contributed by atoms with Gasteiger partial charge in [-0.2, -0.15) is 20.1 Å². The molecule has 1 aliphatic rings. The summed E-state index contributed by atoms with van der Waals surface area (Å²) in [6, 6.07) is 9.82. The van der Waals surface area contributed by atoms with Crippen LogP contribution in [0.1, 0.15) is 44.7 Å². The maximum absolute atomic E-state index is 12.7. The number of nitrogens with one attached hydrogen (secondary N) is 2. The molecule has 1 fully saturated rings. The van der Waals surface area contributed by atoms with E-state index in [-0.39, 0.29) is 12.1 Å². The lowest BCUT2D eigenvalue weighted by Gasteiger charge is -2.34. The summed E-state index contributed by atoms with van der Waals surface area (Å²) >= 11 is 0. The van der Waals surface area contributed by atoms with Crippen molar-refractivity contribution < 1.29 is 18.6 Å². The molecule has 41 heavy (non-hydrogen) atoms. The van der Waals surface area contributed by atoms with Gasteiger partial charge in [-0.15, -0.1) is 0 Å². The van der Waals surface area contributed by atoms with Crippen LogP contribution >= 0.6 is 8.38 Å². The molecule has 1 unspecified atom stereocenters. The average Bonchev–Trinajstić information content (AvgIpc) is 3.57. The predicted octanol–water partition coefficient (Wildman–Crippen LogP) is 4.66. The number of fused-ring (bicyclic) bond motifs is 2. The average molecular weight is 575 g/mol. The first kappa shape index (κ1) is 28.3. The first-order chi connectivity index (χ1) is 19.7. The van der Waals surface area contributed by atoms with Crippen LogP contribution in [0.15, 0.2) is 30.6 Å². The molecule has 0 bridgehead atoms. The van der Waals surface area contributed by atoms with E-state index in [9.17, 15) is 15.3 Å². The lowest BCUT2D eigenvalue weighted by Crippen LogP contribution is -2.47. The molecule has 1 aromatic carbocycles. The molecular weight excluding hydrogens is 543 g/mol. The predicted molar refractivity (Wildman–Crippen MR) is 155 cm³/mol. The lowest BCUT2D eigenvalue weighted by molar-refractivity contribution is 0.0206. The quantitative estimate of drug-likeness (QED) is 0.313. The number of likely N-dealkylation sites (tertiary alicyclic amines) is 1. The molecule has 0 spiro atoms. The van der Waals surface area contributed by atoms with Gasteiger partial charge in [0.15, 0.2) is 5.65 Å². The molecule has 13 heteroatoms. The maximum Gasteiger partial charge on any atom is 0.410 e. The number of hydrogen-bond acceptors (Lipinski definition) is 9. The Balaban J connectivity index is 1.55. The third-order valence-electron chi connectivity index (χ3n) is 6.76. The van der Waals surface area contributed by atoms with Crippen molar-refractivity contribution in [3.8, 4) is 23.4 Å². The van der Waals surface area contributed by atoms with Crippen LogP contribution in [0.3, 0.4) is 0 Å². The molecule has 12 nitrogen and oxygen atoms in total. The number of nitriles is 2. The van der Waals surface area contributed by atoms with E-state index in [0.717, 1.165) is 29.3 Å². The summed E-state index contributed by atoms with van der Waals surface area (Å²) in [6.45, 7) is 6.64. The van der Waals surface area contributed by atoms with Crippen molar-refractivity contribution >= 4 is 42.1 Å². The zero-order chi connectivity index (χ0) is 29.3. The Morgan fingerprint density at radius 1 is 1.20 bits per heavy atom. The lowest BCUT2D eigenvalue weighted by atomic mass is 10.1. The fraction of sp³-hybridized carbons (Fsp3) is 0.393. The Morgan fingerprint density at radius 3 is 2.63 bits per heavy atom. The first-order valence-electron chi connectivity index (χ1n) is 13.1. The second-order valence-corrected chi connectivity index (χ2v) is 12.4. The van der Waals surface area contributed by atoms with Gasteiger partial charge in [0.05, 0.1) is 28.3 Å². The van der Waals surface area contributed by atoms with Gasteiger partial charge in [0, 0.05) is 56.6 Å². The number of carbonyl (C=O) groups excluding carboxylic acids is 1. The van der Waals surface area contributed by atoms with Crippen molar-refractivity contribution in [3.63, 3.8) is 0 Å². The van der Waals surface area contributed by atoms with Gasteiger partial charge in [0.25, 0.3) is 0 Å². The van der Waals surface area contributed by atoms with Crippen molar-refractivity contribution in [1.82, 2.24) is 24.5 Å². The summed E-state index contributed by atoms with van der Waals surface area (Å²) in [5, 5.41) is 28.9. The summed E-state index contributed by atoms with van der Waals surface area (Å²) in [5.74, 6) is 0.641. The molecule has 3 aromatic heterocycles. The Morgan fingerprint density at radius 2 is 1.95 bits per heavy atom. The highest BCUT2D eigenvalue weighted by Crippen LogP contribution is 2.40. The van der Waals surface area contributed by atoms with Gasteiger partial charge in [-0.25, -0.2) is 9.78 Å². The summed E-state index contributed by atoms with van der Waals surface area (Å²) in [6.07, 6.45) is 4.63. The van der Waals surface area contributed by atoms with Crippen molar-refractivity contribution in [2.75, 3.05) is 32.6 Å². The van der Waals surface area contributed by atoms with Crippen molar-refractivity contribution in [2.45, 2.75) is 45.3 Å². The topological polar surface area (TPSA) is 154 Å². The van der Waals surface area contributed by atoms with Crippen LogP contribution in [0.4, 0.5) is 10.6 Å². The number of anilines is 1. The molecule has 4 heterocycles. The summed E-state index contributed by atoms with van der Waals surface area (Å²) in [7, 11) is 1.61. The second-order valence-electron chi connectivity index (χ2n) is 10.7. The van der Waals surface area contributed by atoms with Crippen LogP contribution in [0.2, 0.25) is 0 Å². The Kier molecular flexibility index (Phi) is 7.83. The molecule has 0 saturated carbocycles. The number of nitrogens with zero attached hydrogens (tertiary/aromatic N) is 6. The SMILES string of the molecule is COP(OC)c1c(C#N)ccc2c(-c3cc(NC4CCCN(C(=O)OC(C)(C)C)C4)n4ncc(C#N)c4n3)c[nH]c12. The monoisotopic (exact) mass is 574 g/mol. The van der Waals surface area contributed by atoms with Crippen LogP contribution in [0.25, 0.3) is 27.8 Å². The molecule has 212 valence electrons. The molecule has 1 aliphatic heterocycles. The van der Waals surface area contributed by atoms with Gasteiger partial charge >= 0.3 is 6.09 Å². The van der Waals surface area contributed by atoms with Gasteiger partial charge < -0.3 is 29.0 Å². The number of aromatic nitrogens is 4. The number of hydrogen-bond donors (Lipinski definition) is 2. The number of H-pyrrole nitrogens is 1. The van der Waals surface area contributed by atoms with Crippen LogP contribution in [-0.4, -0.2) is 69.5 Å². The van der Waals surface area contributed by atoms with Crippen molar-refractivity contribution in [3.05, 3.63) is 41.7 Å². The van der Waals surface area contributed by atoms with E-state index in [2.05, 4.69) is 27.5 Å². The highest BCUT2D eigenvalue weighted by atomic mass is 31.2. The fourth-order valence-electron chi connectivity index (χ4n) is 5.01. The largest absolute Gasteiger partial charge is 0.444 e. The molecular formula is C28H31N8O4P. The number of piperidine rings is 1. The molecule has 0 radical (unpaired) electrons. The fourth-order valence-corrected chi connectivity index (χ4v) is 6.21. The Hall–Kier alpha value is -4.22. The summed E-state index contributed by atoms with van der Waals surface area (Å²) in [4.78, 5) is 22.5. The minimum Gasteiger partial charge on any atom is -0.444 e. The first-order valence-corrected chi connectivity index (χ1v) is 14.3. The third-order valence-corrected chi connectivity index (χ3v) is 8.25. The molecule has 1 amide bonds. The Bertz CT molecular complexity index is 1690. The zero-order valence-electron chi connectivity index (χ0n) is 23.6. The molecule has 4 aromatic rings. The van der Waals surface area contributed by atoms with E-state index >= 15 is 0 Å². The van der Waals surface area contributed by atoms with E-state index in [0.29, 0.717) is 46.7 Å². The maximum atomic E-state index is 12.7. The summed E-state index contributed by atoms with van der Waals surface area (Å²) < 4.78 is 18.3. The van der Waals surface area contributed by atoms with Gasteiger partial charge in [-0.3, -0.25) is 0 Å². The highest BCUT2D eigenvalue weighted by molar-refractivity contribution is 7.56. The third kappa shape index (κ3) is 5.55. The minimum atomic E-state index is -1.48. The van der Waals surface area contributed by atoms with E-state index in [1.165, 1.54) is 6.20 Å². The van der Waals surface area contributed by atoms with Crippen molar-refractivity contribution in [1.29, 1.82) is 10.5 Å². The number of rotatable bonds is 6. The van der Waals surface area contributed by atoms with E-state index in [4.69, 9.17) is 18.8 Å². The standard InChI is InChI=1S/C28H31N8O4P/c1-28(2,3)40-27(37)35-10-6-7-19(16-35)33-23-11-22(34-26-18(13-30)14-32-36(23)26)21-15-31-24-20(21)9-8-17(12-29)25(24)41(38-4)39-5/h8-9,11,14-15,19,31,33H,6-7,10,16H2,1-5H3. The number of benzene rings is 1. The van der Waals surface area contributed by atoms with Crippen LogP contribution in [0.5, 0.6) is 0 Å². The molecule has 0 aliphatic carbocycles. The van der Waals surface area contributed by atoms with E-state index < -0.39 is 14.0 Å². The van der Waals surface area contributed by atoms with Gasteiger partial charge in [-0.05, 0) is 39.7 Å². The van der Waals surface area contributed by atoms with E-state index in [1.807, 2.05) is 39.1 Å². The van der Waals surface area contributed by atoms with Crippen LogP contribution in [-0.2, 0) is 13.8 Å². The number of ether oxygens (including phenoxy) is 1. The number of aromatic amines is 1. The van der Waals surface area contributed by atoms with Gasteiger partial charge in [0.2, 0.25) is 8.38 Å². The van der Waals surface area contributed by atoms with Crippen molar-refractivity contribution in [2.24, 2.45) is 0 Å². The van der Waals surface area contributed by atoms with Gasteiger partial charge in [0.1, 0.15) is 29.1 Å². The van der Waals surface area contributed by atoms with Crippen LogP contribution in [0, 0.1) is 22.7 Å². The van der Waals surface area contributed by atoms with Crippen LogP contribution < -0.4 is 10.6 Å². The second kappa shape index (κ2) is 11.3. The number of amides is 1. The highest BCUT2D eigenvalue weighted by Gasteiger charge is 2.29. The Labute approximate surface area is 238 Å². The van der Waals surface area contributed by atoms with E-state index in [1.54, 1.807) is 29.7 Å². The van der Waals surface area contributed by atoms with Gasteiger partial charge in [-0.1, -0.05) is 6.07 Å². The molecule has 2 N–H and O–H groups in total. The zero-order valence-corrected chi connectivity index (χ0v) is 24.5. The summed E-state index contributed by atoms with van der Waals surface area (Å²) in [5.41, 5.74) is 2.74.